The van der Waals surface area contributed by atoms with Gasteiger partial charge in [0.25, 0.3) is 5.56 Å². The first-order valence-corrected chi connectivity index (χ1v) is 7.19. The highest BCUT2D eigenvalue weighted by molar-refractivity contribution is 7.89. The second-order valence-corrected chi connectivity index (χ2v) is 6.11. The molecule has 0 aliphatic carbocycles. The summed E-state index contributed by atoms with van der Waals surface area (Å²) in [5.41, 5.74) is -1.70. The molecule has 0 saturated carbocycles. The van der Waals surface area contributed by atoms with Gasteiger partial charge in [0.2, 0.25) is 10.0 Å². The SMILES string of the molecule is O=c1[nH]cc(S(=O)(=O)NCc2cccs2)c(=O)[nH]1. The van der Waals surface area contributed by atoms with Gasteiger partial charge in [0.05, 0.1) is 0 Å². The van der Waals surface area contributed by atoms with Crippen LogP contribution in [0.2, 0.25) is 0 Å². The molecule has 0 bridgehead atoms. The molecule has 18 heavy (non-hydrogen) atoms. The van der Waals surface area contributed by atoms with Crippen molar-refractivity contribution >= 4 is 21.4 Å². The Hall–Kier alpha value is -1.71. The third-order valence-corrected chi connectivity index (χ3v) is 4.37. The summed E-state index contributed by atoms with van der Waals surface area (Å²) in [5, 5.41) is 1.82. The molecule has 7 nitrogen and oxygen atoms in total. The number of aromatic nitrogens is 2. The summed E-state index contributed by atoms with van der Waals surface area (Å²) in [7, 11) is -3.94. The van der Waals surface area contributed by atoms with Crippen molar-refractivity contribution in [2.24, 2.45) is 0 Å². The summed E-state index contributed by atoms with van der Waals surface area (Å²) in [6.07, 6.45) is 0.873. The smallest absolute Gasteiger partial charge is 0.313 e. The number of thiophene rings is 1. The van der Waals surface area contributed by atoms with Crippen molar-refractivity contribution in [3.05, 3.63) is 49.4 Å². The van der Waals surface area contributed by atoms with Gasteiger partial charge in [-0.1, -0.05) is 6.07 Å². The number of H-pyrrole nitrogens is 2. The van der Waals surface area contributed by atoms with Crippen LogP contribution < -0.4 is 16.0 Å². The number of sulfonamides is 1. The van der Waals surface area contributed by atoms with Crippen molar-refractivity contribution in [1.82, 2.24) is 14.7 Å². The molecule has 0 radical (unpaired) electrons. The third kappa shape index (κ3) is 2.75. The van der Waals surface area contributed by atoms with Crippen LogP contribution >= 0.6 is 11.3 Å². The van der Waals surface area contributed by atoms with E-state index in [9.17, 15) is 18.0 Å². The summed E-state index contributed by atoms with van der Waals surface area (Å²) in [5.74, 6) is 0. The van der Waals surface area contributed by atoms with E-state index >= 15 is 0 Å². The lowest BCUT2D eigenvalue weighted by atomic mass is 10.5. The monoisotopic (exact) mass is 287 g/mol. The molecule has 2 rings (SSSR count). The first kappa shape index (κ1) is 12.7. The summed E-state index contributed by atoms with van der Waals surface area (Å²) in [6.45, 7) is 0.0958. The predicted molar refractivity (Wildman–Crippen MR) is 66.0 cm³/mol. The molecule has 0 atom stereocenters. The molecule has 0 aliphatic heterocycles. The first-order valence-electron chi connectivity index (χ1n) is 4.83. The molecule has 0 saturated heterocycles. The Morgan fingerprint density at radius 2 is 2.11 bits per heavy atom. The zero-order valence-electron chi connectivity index (χ0n) is 8.97. The molecule has 0 amide bonds. The average molecular weight is 287 g/mol. The first-order chi connectivity index (χ1) is 8.49. The van der Waals surface area contributed by atoms with Gasteiger partial charge in [-0.05, 0) is 11.4 Å². The Labute approximate surface area is 106 Å². The lowest BCUT2D eigenvalue weighted by Gasteiger charge is -2.03. The fourth-order valence-corrected chi connectivity index (χ4v) is 3.00. The molecule has 96 valence electrons. The lowest BCUT2D eigenvalue weighted by molar-refractivity contribution is 0.579. The van der Waals surface area contributed by atoms with E-state index in [2.05, 4.69) is 9.71 Å². The van der Waals surface area contributed by atoms with E-state index in [1.807, 2.05) is 10.4 Å². The Balaban J connectivity index is 2.26. The van der Waals surface area contributed by atoms with Crippen LogP contribution in [0.3, 0.4) is 0 Å². The number of rotatable bonds is 4. The van der Waals surface area contributed by atoms with Crippen molar-refractivity contribution < 1.29 is 8.42 Å². The Morgan fingerprint density at radius 3 is 2.72 bits per heavy atom. The van der Waals surface area contributed by atoms with Crippen LogP contribution in [-0.2, 0) is 16.6 Å². The van der Waals surface area contributed by atoms with Gasteiger partial charge in [-0.3, -0.25) is 9.78 Å². The highest BCUT2D eigenvalue weighted by Gasteiger charge is 2.18. The van der Waals surface area contributed by atoms with Crippen LogP contribution in [0.25, 0.3) is 0 Å². The van der Waals surface area contributed by atoms with Gasteiger partial charge >= 0.3 is 5.69 Å². The van der Waals surface area contributed by atoms with E-state index in [-0.39, 0.29) is 6.54 Å². The minimum atomic E-state index is -3.94. The highest BCUT2D eigenvalue weighted by Crippen LogP contribution is 2.09. The highest BCUT2D eigenvalue weighted by atomic mass is 32.2. The van der Waals surface area contributed by atoms with Crippen molar-refractivity contribution in [2.75, 3.05) is 0 Å². The topological polar surface area (TPSA) is 112 Å². The predicted octanol–water partition coefficient (Wildman–Crippen LogP) is -0.397. The maximum Gasteiger partial charge on any atom is 0.325 e. The molecule has 0 spiro atoms. The molecule has 3 N–H and O–H groups in total. The number of hydrogen-bond acceptors (Lipinski definition) is 5. The standard InChI is InChI=1S/C9H9N3O4S2/c13-8-7(5-10-9(14)12-8)18(15,16)11-4-6-2-1-3-17-6/h1-3,5,11H,4H2,(H2,10,12,13,14). The van der Waals surface area contributed by atoms with Crippen molar-refractivity contribution in [3.8, 4) is 0 Å². The van der Waals surface area contributed by atoms with Crippen LogP contribution in [0.15, 0.2) is 38.2 Å². The number of nitrogens with one attached hydrogen (secondary N) is 3. The Morgan fingerprint density at radius 1 is 1.33 bits per heavy atom. The van der Waals surface area contributed by atoms with Crippen molar-refractivity contribution in [1.29, 1.82) is 0 Å². The molecule has 0 unspecified atom stereocenters. The van der Waals surface area contributed by atoms with Crippen molar-refractivity contribution in [2.45, 2.75) is 11.4 Å². The molecule has 0 aromatic carbocycles. The number of hydrogen-bond donors (Lipinski definition) is 3. The summed E-state index contributed by atoms with van der Waals surface area (Å²) in [4.78, 5) is 26.4. The normalized spacial score (nSPS) is 11.6. The Kier molecular flexibility index (Phi) is 3.45. The summed E-state index contributed by atoms with van der Waals surface area (Å²) < 4.78 is 25.9. The number of aromatic amines is 2. The van der Waals surface area contributed by atoms with E-state index in [4.69, 9.17) is 0 Å². The molecule has 2 aromatic rings. The van der Waals surface area contributed by atoms with Gasteiger partial charge in [0.15, 0.2) is 4.90 Å². The van der Waals surface area contributed by atoms with Crippen LogP contribution in [-0.4, -0.2) is 18.4 Å². The summed E-state index contributed by atoms with van der Waals surface area (Å²) in [6, 6.07) is 3.56. The molecule has 2 heterocycles. The van der Waals surface area contributed by atoms with Crippen molar-refractivity contribution in [3.63, 3.8) is 0 Å². The third-order valence-electron chi connectivity index (χ3n) is 2.09. The van der Waals surface area contributed by atoms with E-state index < -0.39 is 26.2 Å². The zero-order valence-corrected chi connectivity index (χ0v) is 10.6. The van der Waals surface area contributed by atoms with Crippen LogP contribution in [0, 0.1) is 0 Å². The van der Waals surface area contributed by atoms with Gasteiger partial charge in [-0.25, -0.2) is 17.9 Å². The van der Waals surface area contributed by atoms with Gasteiger partial charge in [-0.2, -0.15) is 0 Å². The van der Waals surface area contributed by atoms with Crippen LogP contribution in [0.5, 0.6) is 0 Å². The quantitative estimate of drug-likeness (QED) is 0.710. The van der Waals surface area contributed by atoms with Crippen LogP contribution in [0.1, 0.15) is 4.88 Å². The lowest BCUT2D eigenvalue weighted by Crippen LogP contribution is -2.32. The molecular formula is C9H9N3O4S2. The molecule has 0 aliphatic rings. The van der Waals surface area contributed by atoms with E-state index in [0.29, 0.717) is 0 Å². The van der Waals surface area contributed by atoms with E-state index in [1.54, 1.807) is 12.1 Å². The minimum Gasteiger partial charge on any atom is -0.313 e. The van der Waals surface area contributed by atoms with Gasteiger partial charge in [0.1, 0.15) is 0 Å². The minimum absolute atomic E-state index is 0.0958. The largest absolute Gasteiger partial charge is 0.325 e. The zero-order chi connectivity index (χ0) is 13.2. The maximum absolute atomic E-state index is 11.8. The molecule has 9 heteroatoms. The molecule has 0 fully saturated rings. The fraction of sp³-hybridized carbons (Fsp3) is 0.111. The van der Waals surface area contributed by atoms with E-state index in [0.717, 1.165) is 11.1 Å². The molecular weight excluding hydrogens is 278 g/mol. The summed E-state index contributed by atoms with van der Waals surface area (Å²) >= 11 is 1.39. The second kappa shape index (κ2) is 4.88. The van der Waals surface area contributed by atoms with E-state index in [1.165, 1.54) is 11.3 Å². The average Bonchev–Trinajstić information content (AvgIpc) is 2.78. The van der Waals surface area contributed by atoms with Gasteiger partial charge in [0, 0.05) is 17.6 Å². The van der Waals surface area contributed by atoms with Gasteiger partial charge in [-0.15, -0.1) is 11.3 Å². The Bertz CT molecular complexity index is 743. The van der Waals surface area contributed by atoms with Gasteiger partial charge < -0.3 is 4.98 Å². The fourth-order valence-electron chi connectivity index (χ4n) is 1.25. The second-order valence-electron chi connectivity index (χ2n) is 3.34. The molecule has 2 aromatic heterocycles. The maximum atomic E-state index is 11.8. The van der Waals surface area contributed by atoms with Crippen LogP contribution in [0.4, 0.5) is 0 Å².